The highest BCUT2D eigenvalue weighted by molar-refractivity contribution is 14.1. The standard InChI is InChI=1S/C10H10IN3O/c1-7-12-10(15-2)14(13-7)9-6-4-3-5-8(9)11/h3-6H,1-2H3. The van der Waals surface area contributed by atoms with E-state index in [0.717, 1.165) is 9.26 Å². The Hall–Kier alpha value is -1.11. The van der Waals surface area contributed by atoms with Crippen molar-refractivity contribution in [2.75, 3.05) is 7.11 Å². The molecular weight excluding hydrogens is 305 g/mol. The molecule has 0 unspecified atom stereocenters. The van der Waals surface area contributed by atoms with Crippen LogP contribution in [0.15, 0.2) is 24.3 Å². The van der Waals surface area contributed by atoms with E-state index < -0.39 is 0 Å². The smallest absolute Gasteiger partial charge is 0.319 e. The Morgan fingerprint density at radius 3 is 2.73 bits per heavy atom. The van der Waals surface area contributed by atoms with Crippen molar-refractivity contribution in [3.63, 3.8) is 0 Å². The van der Waals surface area contributed by atoms with Crippen LogP contribution in [-0.2, 0) is 0 Å². The molecule has 0 saturated heterocycles. The van der Waals surface area contributed by atoms with Gasteiger partial charge in [0.25, 0.3) is 0 Å². The first-order chi connectivity index (χ1) is 7.22. The first kappa shape index (κ1) is 10.4. The highest BCUT2D eigenvalue weighted by Crippen LogP contribution is 2.20. The number of halogens is 1. The van der Waals surface area contributed by atoms with Gasteiger partial charge >= 0.3 is 6.01 Å². The number of benzene rings is 1. The predicted octanol–water partition coefficient (Wildman–Crippen LogP) is 2.19. The minimum atomic E-state index is 0.511. The molecule has 1 aromatic heterocycles. The molecule has 0 saturated carbocycles. The number of methoxy groups -OCH3 is 1. The third kappa shape index (κ3) is 1.97. The summed E-state index contributed by atoms with van der Waals surface area (Å²) in [5.74, 6) is 0.700. The van der Waals surface area contributed by atoms with E-state index in [1.165, 1.54) is 0 Å². The molecule has 2 rings (SSSR count). The van der Waals surface area contributed by atoms with Crippen LogP contribution < -0.4 is 4.74 Å². The minimum Gasteiger partial charge on any atom is -0.467 e. The number of para-hydroxylation sites is 1. The summed E-state index contributed by atoms with van der Waals surface area (Å²) in [6.45, 7) is 1.84. The van der Waals surface area contributed by atoms with Gasteiger partial charge in [0.05, 0.1) is 12.8 Å². The van der Waals surface area contributed by atoms with Gasteiger partial charge in [0, 0.05) is 3.57 Å². The zero-order valence-corrected chi connectivity index (χ0v) is 10.6. The molecule has 0 bridgehead atoms. The minimum absolute atomic E-state index is 0.511. The van der Waals surface area contributed by atoms with Gasteiger partial charge in [-0.3, -0.25) is 0 Å². The van der Waals surface area contributed by atoms with Crippen LogP contribution in [0.5, 0.6) is 6.01 Å². The zero-order valence-electron chi connectivity index (χ0n) is 8.44. The SMILES string of the molecule is COc1nc(C)nn1-c1ccccc1I. The summed E-state index contributed by atoms with van der Waals surface area (Å²) >= 11 is 2.26. The summed E-state index contributed by atoms with van der Waals surface area (Å²) in [5, 5.41) is 4.29. The number of ether oxygens (including phenoxy) is 1. The second-order valence-electron chi connectivity index (χ2n) is 3.01. The molecule has 2 aromatic rings. The van der Waals surface area contributed by atoms with Gasteiger partial charge in [-0.25, -0.2) is 0 Å². The summed E-state index contributed by atoms with van der Waals surface area (Å²) in [4.78, 5) is 4.17. The lowest BCUT2D eigenvalue weighted by Crippen LogP contribution is -2.02. The van der Waals surface area contributed by atoms with E-state index >= 15 is 0 Å². The van der Waals surface area contributed by atoms with Gasteiger partial charge in [0.2, 0.25) is 0 Å². The Morgan fingerprint density at radius 2 is 2.07 bits per heavy atom. The fourth-order valence-electron chi connectivity index (χ4n) is 1.31. The fourth-order valence-corrected chi connectivity index (χ4v) is 1.92. The van der Waals surface area contributed by atoms with Crippen molar-refractivity contribution in [1.29, 1.82) is 0 Å². The Balaban J connectivity index is 2.58. The van der Waals surface area contributed by atoms with E-state index in [9.17, 15) is 0 Å². The lowest BCUT2D eigenvalue weighted by Gasteiger charge is -2.05. The van der Waals surface area contributed by atoms with Crippen molar-refractivity contribution in [1.82, 2.24) is 14.8 Å². The van der Waals surface area contributed by atoms with Crippen LogP contribution in [0.3, 0.4) is 0 Å². The molecule has 78 valence electrons. The summed E-state index contributed by atoms with van der Waals surface area (Å²) < 4.78 is 7.98. The molecule has 15 heavy (non-hydrogen) atoms. The molecule has 0 fully saturated rings. The molecule has 0 atom stereocenters. The molecule has 0 radical (unpaired) electrons. The van der Waals surface area contributed by atoms with Gasteiger partial charge < -0.3 is 4.74 Å². The van der Waals surface area contributed by atoms with Crippen LogP contribution in [0.4, 0.5) is 0 Å². The average Bonchev–Trinajstić information content (AvgIpc) is 2.60. The first-order valence-electron chi connectivity index (χ1n) is 4.45. The topological polar surface area (TPSA) is 39.9 Å². The van der Waals surface area contributed by atoms with Gasteiger partial charge in [0.15, 0.2) is 5.82 Å². The van der Waals surface area contributed by atoms with Crippen molar-refractivity contribution in [3.8, 4) is 11.7 Å². The molecule has 1 aromatic carbocycles. The normalized spacial score (nSPS) is 10.3. The summed E-state index contributed by atoms with van der Waals surface area (Å²) in [5.41, 5.74) is 0.982. The monoisotopic (exact) mass is 315 g/mol. The predicted molar refractivity (Wildman–Crippen MR) is 65.4 cm³/mol. The van der Waals surface area contributed by atoms with E-state index in [-0.39, 0.29) is 0 Å². The Labute approximate surface area is 101 Å². The molecule has 4 nitrogen and oxygen atoms in total. The molecule has 0 aliphatic rings. The van der Waals surface area contributed by atoms with Gasteiger partial charge in [-0.1, -0.05) is 12.1 Å². The van der Waals surface area contributed by atoms with Crippen molar-refractivity contribution < 1.29 is 4.74 Å². The quantitative estimate of drug-likeness (QED) is 0.798. The van der Waals surface area contributed by atoms with Crippen LogP contribution in [-0.4, -0.2) is 21.9 Å². The maximum absolute atomic E-state index is 5.16. The number of hydrogen-bond donors (Lipinski definition) is 0. The van der Waals surface area contributed by atoms with Crippen molar-refractivity contribution in [3.05, 3.63) is 33.7 Å². The third-order valence-corrected chi connectivity index (χ3v) is 2.86. The maximum atomic E-state index is 5.16. The van der Waals surface area contributed by atoms with Crippen LogP contribution in [0.2, 0.25) is 0 Å². The van der Waals surface area contributed by atoms with E-state index in [1.54, 1.807) is 11.8 Å². The van der Waals surface area contributed by atoms with Crippen LogP contribution >= 0.6 is 22.6 Å². The molecule has 0 aliphatic heterocycles. The van der Waals surface area contributed by atoms with E-state index in [2.05, 4.69) is 32.7 Å². The van der Waals surface area contributed by atoms with Gasteiger partial charge in [-0.2, -0.15) is 9.67 Å². The van der Waals surface area contributed by atoms with E-state index in [4.69, 9.17) is 4.74 Å². The Bertz CT molecular complexity index is 481. The fraction of sp³-hybridized carbons (Fsp3) is 0.200. The molecular formula is C10H10IN3O. The van der Waals surface area contributed by atoms with Crippen LogP contribution in [0.1, 0.15) is 5.82 Å². The van der Waals surface area contributed by atoms with Crippen LogP contribution in [0, 0.1) is 10.5 Å². The molecule has 0 spiro atoms. The number of hydrogen-bond acceptors (Lipinski definition) is 3. The number of aromatic nitrogens is 3. The van der Waals surface area contributed by atoms with Crippen molar-refractivity contribution in [2.24, 2.45) is 0 Å². The second kappa shape index (κ2) is 4.18. The highest BCUT2D eigenvalue weighted by Gasteiger charge is 2.11. The second-order valence-corrected chi connectivity index (χ2v) is 4.17. The van der Waals surface area contributed by atoms with E-state index in [0.29, 0.717) is 11.8 Å². The van der Waals surface area contributed by atoms with E-state index in [1.807, 2.05) is 31.2 Å². The molecule has 5 heteroatoms. The first-order valence-corrected chi connectivity index (χ1v) is 5.53. The largest absolute Gasteiger partial charge is 0.467 e. The lowest BCUT2D eigenvalue weighted by molar-refractivity contribution is 0.368. The van der Waals surface area contributed by atoms with Gasteiger partial charge in [-0.15, -0.1) is 5.10 Å². The Kier molecular flexibility index (Phi) is 2.90. The highest BCUT2D eigenvalue weighted by atomic mass is 127. The summed E-state index contributed by atoms with van der Waals surface area (Å²) in [6, 6.07) is 8.47. The lowest BCUT2D eigenvalue weighted by atomic mass is 10.3. The number of rotatable bonds is 2. The summed E-state index contributed by atoms with van der Waals surface area (Å²) in [7, 11) is 1.59. The van der Waals surface area contributed by atoms with Gasteiger partial charge in [0.1, 0.15) is 0 Å². The van der Waals surface area contributed by atoms with Crippen LogP contribution in [0.25, 0.3) is 5.69 Å². The molecule has 0 amide bonds. The van der Waals surface area contributed by atoms with Crippen molar-refractivity contribution >= 4 is 22.6 Å². The third-order valence-electron chi connectivity index (χ3n) is 1.95. The van der Waals surface area contributed by atoms with Gasteiger partial charge in [-0.05, 0) is 41.6 Å². The average molecular weight is 315 g/mol. The Morgan fingerprint density at radius 1 is 1.33 bits per heavy atom. The zero-order chi connectivity index (χ0) is 10.8. The summed E-state index contributed by atoms with van der Waals surface area (Å²) in [6.07, 6.45) is 0. The molecule has 1 heterocycles. The number of aryl methyl sites for hydroxylation is 1. The maximum Gasteiger partial charge on any atom is 0.319 e. The molecule has 0 aliphatic carbocycles. The van der Waals surface area contributed by atoms with Crippen molar-refractivity contribution in [2.45, 2.75) is 6.92 Å². The molecule has 0 N–H and O–H groups in total. The number of nitrogens with zero attached hydrogens (tertiary/aromatic N) is 3.